The lowest BCUT2D eigenvalue weighted by molar-refractivity contribution is -0.120. The van der Waals surface area contributed by atoms with E-state index in [1.807, 2.05) is 18.1 Å². The number of hydrogen-bond donors (Lipinski definition) is 1. The predicted molar refractivity (Wildman–Crippen MR) is 100 cm³/mol. The van der Waals surface area contributed by atoms with Crippen LogP contribution >= 0.6 is 0 Å². The van der Waals surface area contributed by atoms with Gasteiger partial charge in [-0.05, 0) is 12.1 Å². The molecule has 8 nitrogen and oxygen atoms in total. The van der Waals surface area contributed by atoms with Crippen LogP contribution in [0.1, 0.15) is 0 Å². The number of carbonyl (C=O) groups is 1. The molecule has 1 N–H and O–H groups in total. The number of carbonyl (C=O) groups excluding carboxylic acids is 1. The number of nitrogens with zero attached hydrogens (tertiary/aromatic N) is 5. The van der Waals surface area contributed by atoms with Crippen molar-refractivity contribution in [2.45, 2.75) is 0 Å². The molecule has 1 amide bonds. The minimum absolute atomic E-state index is 0.00629. The van der Waals surface area contributed by atoms with Crippen molar-refractivity contribution in [2.75, 3.05) is 44.7 Å². The van der Waals surface area contributed by atoms with Gasteiger partial charge < -0.3 is 19.9 Å². The van der Waals surface area contributed by atoms with E-state index in [9.17, 15) is 9.18 Å². The molecule has 0 saturated carbocycles. The van der Waals surface area contributed by atoms with E-state index in [4.69, 9.17) is 4.74 Å². The van der Waals surface area contributed by atoms with Gasteiger partial charge >= 0.3 is 0 Å². The summed E-state index contributed by atoms with van der Waals surface area (Å²) in [6.45, 7) is 2.29. The van der Waals surface area contributed by atoms with Gasteiger partial charge in [-0.3, -0.25) is 14.5 Å². The molecule has 0 aliphatic carbocycles. The average Bonchev–Trinajstić information content (AvgIpc) is 3.08. The van der Waals surface area contributed by atoms with Crippen molar-refractivity contribution in [3.05, 3.63) is 42.5 Å². The van der Waals surface area contributed by atoms with Crippen LogP contribution in [0.2, 0.25) is 0 Å². The molecule has 1 aliphatic heterocycles. The predicted octanol–water partition coefficient (Wildman–Crippen LogP) is 0.862. The minimum Gasteiger partial charge on any atom is -0.492 e. The second kappa shape index (κ2) is 8.52. The number of halogens is 1. The molecule has 3 rings (SSSR count). The molecule has 1 aliphatic rings. The molecular formula is C18H23FN6O2. The summed E-state index contributed by atoms with van der Waals surface area (Å²) in [7, 11) is 3.50. The van der Waals surface area contributed by atoms with Gasteiger partial charge in [-0.15, -0.1) is 0 Å². The summed E-state index contributed by atoms with van der Waals surface area (Å²) in [6, 6.07) is 6.01. The van der Waals surface area contributed by atoms with Crippen LogP contribution in [0.3, 0.4) is 0 Å². The second-order valence-corrected chi connectivity index (χ2v) is 6.12. The molecule has 0 radical (unpaired) electrons. The van der Waals surface area contributed by atoms with Crippen LogP contribution in [0.25, 0.3) is 0 Å². The third kappa shape index (κ3) is 4.75. The van der Waals surface area contributed by atoms with Gasteiger partial charge in [0.25, 0.3) is 0 Å². The fraction of sp³-hybridized carbons (Fsp3) is 0.389. The van der Waals surface area contributed by atoms with Crippen LogP contribution in [0.15, 0.2) is 41.7 Å². The maximum absolute atomic E-state index is 13.1. The maximum Gasteiger partial charge on any atom is 0.246 e. The van der Waals surface area contributed by atoms with Crippen molar-refractivity contribution in [3.63, 3.8) is 0 Å². The smallest absolute Gasteiger partial charge is 0.246 e. The number of guanidine groups is 1. The Morgan fingerprint density at radius 1 is 1.41 bits per heavy atom. The van der Waals surface area contributed by atoms with Gasteiger partial charge in [-0.25, -0.2) is 4.39 Å². The first-order chi connectivity index (χ1) is 13.1. The lowest BCUT2D eigenvalue weighted by Crippen LogP contribution is -2.55. The molecule has 0 spiro atoms. The van der Waals surface area contributed by atoms with Crippen molar-refractivity contribution < 1.29 is 13.9 Å². The van der Waals surface area contributed by atoms with E-state index in [-0.39, 0.29) is 18.3 Å². The number of hydrogen-bond acceptors (Lipinski definition) is 4. The number of aliphatic imine (C=N–C) groups is 1. The van der Waals surface area contributed by atoms with Crippen LogP contribution in [0.5, 0.6) is 5.75 Å². The molecule has 2 aromatic rings. The van der Waals surface area contributed by atoms with Crippen molar-refractivity contribution in [1.29, 1.82) is 0 Å². The van der Waals surface area contributed by atoms with E-state index in [1.54, 1.807) is 35.0 Å². The fourth-order valence-electron chi connectivity index (χ4n) is 2.90. The number of amides is 1. The Hall–Kier alpha value is -3.10. The molecule has 2 heterocycles. The number of nitrogens with one attached hydrogen (secondary N) is 1. The van der Waals surface area contributed by atoms with Crippen molar-refractivity contribution in [3.8, 4) is 5.75 Å². The first kappa shape index (κ1) is 18.7. The minimum atomic E-state index is -0.332. The highest BCUT2D eigenvalue weighted by Gasteiger charge is 2.27. The summed E-state index contributed by atoms with van der Waals surface area (Å²) < 4.78 is 20.3. The second-order valence-electron chi connectivity index (χ2n) is 6.12. The summed E-state index contributed by atoms with van der Waals surface area (Å²) in [5.74, 6) is 0.776. The summed E-state index contributed by atoms with van der Waals surface area (Å²) in [4.78, 5) is 20.3. The van der Waals surface area contributed by atoms with E-state index in [0.717, 1.165) is 5.69 Å². The Labute approximate surface area is 157 Å². The third-order valence-corrected chi connectivity index (χ3v) is 4.18. The van der Waals surface area contributed by atoms with E-state index >= 15 is 0 Å². The number of anilines is 1. The zero-order valence-corrected chi connectivity index (χ0v) is 15.4. The Morgan fingerprint density at radius 3 is 2.93 bits per heavy atom. The fourth-order valence-corrected chi connectivity index (χ4v) is 2.90. The molecule has 1 fully saturated rings. The summed E-state index contributed by atoms with van der Waals surface area (Å²) >= 11 is 0. The number of rotatable bonds is 5. The van der Waals surface area contributed by atoms with E-state index in [1.165, 1.54) is 12.1 Å². The monoisotopic (exact) mass is 374 g/mol. The molecule has 0 unspecified atom stereocenters. The van der Waals surface area contributed by atoms with Crippen LogP contribution in [-0.4, -0.2) is 66.4 Å². The largest absolute Gasteiger partial charge is 0.492 e. The molecule has 1 aromatic heterocycles. The van der Waals surface area contributed by atoms with E-state index in [0.29, 0.717) is 38.0 Å². The Balaban J connectivity index is 1.48. The number of aryl methyl sites for hydroxylation is 1. The summed E-state index contributed by atoms with van der Waals surface area (Å²) in [5, 5.41) is 7.29. The number of piperazine rings is 1. The van der Waals surface area contributed by atoms with Crippen molar-refractivity contribution in [1.82, 2.24) is 20.0 Å². The van der Waals surface area contributed by atoms with Crippen molar-refractivity contribution >= 4 is 17.6 Å². The number of benzene rings is 1. The Bertz CT molecular complexity index is 822. The van der Waals surface area contributed by atoms with Gasteiger partial charge in [-0.2, -0.15) is 5.10 Å². The van der Waals surface area contributed by atoms with Gasteiger partial charge in [0.1, 0.15) is 24.7 Å². The normalized spacial score (nSPS) is 15.2. The SMILES string of the molecule is CN=C(NCCOc1cccc(F)c1)N1CCN(c2cnn(C)c2)C(=O)C1. The third-order valence-electron chi connectivity index (χ3n) is 4.18. The molecule has 144 valence electrons. The van der Waals surface area contributed by atoms with Crippen LogP contribution < -0.4 is 15.0 Å². The highest BCUT2D eigenvalue weighted by Crippen LogP contribution is 2.16. The van der Waals surface area contributed by atoms with Crippen molar-refractivity contribution in [2.24, 2.45) is 12.0 Å². The first-order valence-electron chi connectivity index (χ1n) is 8.70. The lowest BCUT2D eigenvalue weighted by atomic mass is 10.3. The molecule has 1 saturated heterocycles. The van der Waals surface area contributed by atoms with Gasteiger partial charge in [0.15, 0.2) is 5.96 Å². The van der Waals surface area contributed by atoms with E-state index < -0.39 is 0 Å². The molecule has 9 heteroatoms. The molecule has 0 bridgehead atoms. The highest BCUT2D eigenvalue weighted by molar-refractivity contribution is 5.98. The summed E-state index contributed by atoms with van der Waals surface area (Å²) in [5.41, 5.74) is 0.800. The Morgan fingerprint density at radius 2 is 2.26 bits per heavy atom. The number of ether oxygens (including phenoxy) is 1. The van der Waals surface area contributed by atoms with Crippen LogP contribution in [-0.2, 0) is 11.8 Å². The van der Waals surface area contributed by atoms with Gasteiger partial charge in [0.2, 0.25) is 5.91 Å². The van der Waals surface area contributed by atoms with Gasteiger partial charge in [0.05, 0.1) is 18.4 Å². The molecular weight excluding hydrogens is 351 g/mol. The van der Waals surface area contributed by atoms with Crippen LogP contribution in [0.4, 0.5) is 10.1 Å². The topological polar surface area (TPSA) is 75.0 Å². The molecule has 27 heavy (non-hydrogen) atoms. The standard InChI is InChI=1S/C18H23FN6O2/c1-20-18(21-6-9-27-16-5-3-4-14(19)10-16)24-7-8-25(17(26)13-24)15-11-22-23(2)12-15/h3-5,10-12H,6-9,13H2,1-2H3,(H,20,21). The quantitative estimate of drug-likeness (QED) is 0.477. The molecule has 1 aromatic carbocycles. The van der Waals surface area contributed by atoms with E-state index in [2.05, 4.69) is 15.4 Å². The summed E-state index contributed by atoms with van der Waals surface area (Å²) in [6.07, 6.45) is 3.51. The maximum atomic E-state index is 13.1. The molecule has 0 atom stereocenters. The highest BCUT2D eigenvalue weighted by atomic mass is 19.1. The number of aromatic nitrogens is 2. The van der Waals surface area contributed by atoms with Crippen LogP contribution in [0, 0.1) is 5.82 Å². The Kier molecular flexibility index (Phi) is 5.90. The average molecular weight is 374 g/mol. The van der Waals surface area contributed by atoms with Gasteiger partial charge in [0, 0.05) is 39.4 Å². The lowest BCUT2D eigenvalue weighted by Gasteiger charge is -2.35. The van der Waals surface area contributed by atoms with Gasteiger partial charge in [-0.1, -0.05) is 6.07 Å². The first-order valence-corrected chi connectivity index (χ1v) is 8.70. The zero-order chi connectivity index (χ0) is 19.2. The zero-order valence-electron chi connectivity index (χ0n) is 15.4.